The highest BCUT2D eigenvalue weighted by Gasteiger charge is 2.02. The lowest BCUT2D eigenvalue weighted by Gasteiger charge is -2.05. The second-order valence-electron chi connectivity index (χ2n) is 4.44. The van der Waals surface area contributed by atoms with Crippen molar-refractivity contribution in [1.29, 1.82) is 0 Å². The van der Waals surface area contributed by atoms with Gasteiger partial charge in [-0.25, -0.2) is 0 Å². The minimum atomic E-state index is 0.103. The molecule has 1 N–H and O–H groups in total. The average molecular weight is 259 g/mol. The van der Waals surface area contributed by atoms with Gasteiger partial charge in [0.2, 0.25) is 0 Å². The van der Waals surface area contributed by atoms with Crippen LogP contribution in [0, 0.1) is 13.8 Å². The number of ketones is 1. The summed E-state index contributed by atoms with van der Waals surface area (Å²) in [5, 5.41) is 3.37. The van der Waals surface area contributed by atoms with E-state index >= 15 is 0 Å². The van der Waals surface area contributed by atoms with Crippen LogP contribution in [-0.4, -0.2) is 5.78 Å². The molecule has 0 amide bonds. The number of hydrogen-bond donors (Lipinski definition) is 1. The fraction of sp³-hybridized carbons (Fsp3) is 0.267. The van der Waals surface area contributed by atoms with E-state index in [0.29, 0.717) is 0 Å². The number of aryl methyl sites for hydroxylation is 2. The molecule has 94 valence electrons. The molecule has 1 heterocycles. The van der Waals surface area contributed by atoms with Gasteiger partial charge in [0.15, 0.2) is 5.78 Å². The summed E-state index contributed by atoms with van der Waals surface area (Å²) >= 11 is 1.83. The molecule has 0 fully saturated rings. The third-order valence-electron chi connectivity index (χ3n) is 2.98. The number of hydrogen-bond acceptors (Lipinski definition) is 3. The summed E-state index contributed by atoms with van der Waals surface area (Å²) in [5.74, 6) is 0.103. The fourth-order valence-corrected chi connectivity index (χ4v) is 2.74. The Morgan fingerprint density at radius 3 is 2.39 bits per heavy atom. The number of nitrogens with one attached hydrogen (secondary N) is 1. The predicted octanol–water partition coefficient (Wildman–Crippen LogP) is 4.18. The first-order chi connectivity index (χ1) is 8.56. The van der Waals surface area contributed by atoms with Crippen LogP contribution >= 0.6 is 11.3 Å². The minimum absolute atomic E-state index is 0.103. The van der Waals surface area contributed by atoms with Gasteiger partial charge in [-0.1, -0.05) is 0 Å². The SMILES string of the molecule is CC(=O)c1ccc(NCc2cc(C)c(C)s2)cc1. The maximum atomic E-state index is 11.2. The van der Waals surface area contributed by atoms with Crippen LogP contribution in [0.1, 0.15) is 32.6 Å². The van der Waals surface area contributed by atoms with Crippen LogP contribution in [0.2, 0.25) is 0 Å². The molecule has 0 spiro atoms. The summed E-state index contributed by atoms with van der Waals surface area (Å²) in [5.41, 5.74) is 3.15. The Bertz CT molecular complexity index is 535. The van der Waals surface area contributed by atoms with Gasteiger partial charge in [-0.05, 0) is 56.7 Å². The predicted molar refractivity (Wildman–Crippen MR) is 77.6 cm³/mol. The standard InChI is InChI=1S/C15H17NOS/c1-10-8-15(18-12(10)3)9-16-14-6-4-13(5-7-14)11(2)17/h4-8,16H,9H2,1-3H3. The molecule has 0 bridgehead atoms. The largest absolute Gasteiger partial charge is 0.380 e. The Morgan fingerprint density at radius 1 is 1.22 bits per heavy atom. The van der Waals surface area contributed by atoms with Crippen molar-refractivity contribution in [2.24, 2.45) is 0 Å². The molecule has 0 aliphatic heterocycles. The van der Waals surface area contributed by atoms with Crippen molar-refractivity contribution >= 4 is 22.8 Å². The highest BCUT2D eigenvalue weighted by atomic mass is 32.1. The zero-order valence-corrected chi connectivity index (χ0v) is 11.7. The van der Waals surface area contributed by atoms with E-state index in [4.69, 9.17) is 0 Å². The first-order valence-corrected chi connectivity index (χ1v) is 6.78. The van der Waals surface area contributed by atoms with E-state index in [1.165, 1.54) is 15.3 Å². The van der Waals surface area contributed by atoms with E-state index < -0.39 is 0 Å². The van der Waals surface area contributed by atoms with Gasteiger partial charge in [0.05, 0.1) is 0 Å². The number of thiophene rings is 1. The lowest BCUT2D eigenvalue weighted by atomic mass is 10.1. The number of carbonyl (C=O) groups is 1. The van der Waals surface area contributed by atoms with Crippen molar-refractivity contribution in [2.45, 2.75) is 27.3 Å². The number of carbonyl (C=O) groups excluding carboxylic acids is 1. The minimum Gasteiger partial charge on any atom is -0.380 e. The normalized spacial score (nSPS) is 10.4. The summed E-state index contributed by atoms with van der Waals surface area (Å²) in [6.45, 7) is 6.69. The molecule has 0 atom stereocenters. The smallest absolute Gasteiger partial charge is 0.159 e. The molecule has 0 saturated heterocycles. The Balaban J connectivity index is 2.00. The van der Waals surface area contributed by atoms with Gasteiger partial charge in [0.1, 0.15) is 0 Å². The van der Waals surface area contributed by atoms with Crippen LogP contribution in [0.3, 0.4) is 0 Å². The van der Waals surface area contributed by atoms with Gasteiger partial charge < -0.3 is 5.32 Å². The summed E-state index contributed by atoms with van der Waals surface area (Å²) in [6, 6.07) is 9.83. The summed E-state index contributed by atoms with van der Waals surface area (Å²) in [6.07, 6.45) is 0. The lowest BCUT2D eigenvalue weighted by Crippen LogP contribution is -1.98. The molecule has 0 aliphatic carbocycles. The van der Waals surface area contributed by atoms with Crippen LogP contribution in [0.15, 0.2) is 30.3 Å². The molecule has 18 heavy (non-hydrogen) atoms. The van der Waals surface area contributed by atoms with Crippen molar-refractivity contribution in [3.8, 4) is 0 Å². The topological polar surface area (TPSA) is 29.1 Å². The maximum absolute atomic E-state index is 11.2. The second-order valence-corrected chi connectivity index (χ2v) is 5.78. The van der Waals surface area contributed by atoms with Crippen LogP contribution < -0.4 is 5.32 Å². The fourth-order valence-electron chi connectivity index (χ4n) is 1.75. The number of anilines is 1. The van der Waals surface area contributed by atoms with Gasteiger partial charge >= 0.3 is 0 Å². The maximum Gasteiger partial charge on any atom is 0.159 e. The van der Waals surface area contributed by atoms with Crippen molar-refractivity contribution in [2.75, 3.05) is 5.32 Å². The Kier molecular flexibility index (Phi) is 3.82. The van der Waals surface area contributed by atoms with Gasteiger partial charge in [0.25, 0.3) is 0 Å². The first-order valence-electron chi connectivity index (χ1n) is 5.97. The van der Waals surface area contributed by atoms with Gasteiger partial charge in [0, 0.05) is 27.5 Å². The van der Waals surface area contributed by atoms with Crippen molar-refractivity contribution < 1.29 is 4.79 Å². The molecular formula is C15H17NOS. The molecule has 2 aromatic rings. The molecule has 0 saturated carbocycles. The Morgan fingerprint density at radius 2 is 1.89 bits per heavy atom. The van der Waals surface area contributed by atoms with Gasteiger partial charge in [-0.15, -0.1) is 11.3 Å². The zero-order chi connectivity index (χ0) is 13.1. The van der Waals surface area contributed by atoms with E-state index in [1.54, 1.807) is 6.92 Å². The monoisotopic (exact) mass is 259 g/mol. The third kappa shape index (κ3) is 2.99. The molecule has 1 aromatic carbocycles. The molecule has 0 aliphatic rings. The average Bonchev–Trinajstić information content (AvgIpc) is 2.67. The van der Waals surface area contributed by atoms with Crippen molar-refractivity contribution in [1.82, 2.24) is 0 Å². The molecule has 3 heteroatoms. The van der Waals surface area contributed by atoms with E-state index in [0.717, 1.165) is 17.8 Å². The van der Waals surface area contributed by atoms with Crippen molar-refractivity contribution in [3.63, 3.8) is 0 Å². The molecular weight excluding hydrogens is 242 g/mol. The molecule has 2 rings (SSSR count). The lowest BCUT2D eigenvalue weighted by molar-refractivity contribution is 0.101. The number of rotatable bonds is 4. The zero-order valence-electron chi connectivity index (χ0n) is 10.9. The summed E-state index contributed by atoms with van der Waals surface area (Å²) < 4.78 is 0. The van der Waals surface area contributed by atoms with Gasteiger partial charge in [-0.2, -0.15) is 0 Å². The molecule has 0 unspecified atom stereocenters. The summed E-state index contributed by atoms with van der Waals surface area (Å²) in [7, 11) is 0. The van der Waals surface area contributed by atoms with E-state index in [9.17, 15) is 4.79 Å². The number of Topliss-reactive ketones (excluding diaryl/α,β-unsaturated/α-hetero) is 1. The quantitative estimate of drug-likeness (QED) is 0.835. The molecule has 1 aromatic heterocycles. The van der Waals surface area contributed by atoms with Crippen LogP contribution in [-0.2, 0) is 6.54 Å². The van der Waals surface area contributed by atoms with Gasteiger partial charge in [-0.3, -0.25) is 4.79 Å². The highest BCUT2D eigenvalue weighted by molar-refractivity contribution is 7.12. The highest BCUT2D eigenvalue weighted by Crippen LogP contribution is 2.21. The van der Waals surface area contributed by atoms with E-state index in [1.807, 2.05) is 35.6 Å². The van der Waals surface area contributed by atoms with E-state index in [-0.39, 0.29) is 5.78 Å². The van der Waals surface area contributed by atoms with E-state index in [2.05, 4.69) is 25.2 Å². The van der Waals surface area contributed by atoms with Crippen LogP contribution in [0.4, 0.5) is 5.69 Å². The molecule has 0 radical (unpaired) electrons. The van der Waals surface area contributed by atoms with Crippen molar-refractivity contribution in [3.05, 3.63) is 51.2 Å². The Labute approximate surface area is 112 Å². The van der Waals surface area contributed by atoms with Crippen LogP contribution in [0.5, 0.6) is 0 Å². The second kappa shape index (κ2) is 5.36. The molecule has 2 nitrogen and oxygen atoms in total. The number of benzene rings is 1. The first kappa shape index (κ1) is 12.8. The third-order valence-corrected chi connectivity index (χ3v) is 4.13. The Hall–Kier alpha value is -1.61. The summed E-state index contributed by atoms with van der Waals surface area (Å²) in [4.78, 5) is 13.9. The van der Waals surface area contributed by atoms with Crippen LogP contribution in [0.25, 0.3) is 0 Å².